The van der Waals surface area contributed by atoms with Crippen molar-refractivity contribution in [1.29, 1.82) is 0 Å². The van der Waals surface area contributed by atoms with Crippen LogP contribution >= 0.6 is 15.9 Å². The minimum absolute atomic E-state index is 0.417. The molecule has 0 aromatic carbocycles. The van der Waals surface area contributed by atoms with E-state index in [1.807, 2.05) is 0 Å². The Labute approximate surface area is 70.4 Å². The molecule has 0 heterocycles. The molecule has 0 N–H and O–H groups in total. The lowest BCUT2D eigenvalue weighted by atomic mass is 10.3. The molecule has 0 unspecified atom stereocenters. The van der Waals surface area contributed by atoms with Crippen LogP contribution in [0, 0.1) is 0 Å². The second-order valence-electron chi connectivity index (χ2n) is 2.10. The van der Waals surface area contributed by atoms with Gasteiger partial charge in [-0.25, -0.2) is 0 Å². The normalized spacial score (nSPS) is 8.00. The van der Waals surface area contributed by atoms with Gasteiger partial charge in [-0.1, -0.05) is 48.8 Å². The molecule has 0 rings (SSSR count). The summed E-state index contributed by atoms with van der Waals surface area (Å²) in [6, 6.07) is 0. The lowest BCUT2D eigenvalue weighted by molar-refractivity contribution is 0.781. The topological polar surface area (TPSA) is 0 Å². The predicted molar refractivity (Wildman–Crippen MR) is 53.6 cm³/mol. The quantitative estimate of drug-likeness (QED) is 0.382. The molecule has 0 aromatic heterocycles. The van der Waals surface area contributed by atoms with Gasteiger partial charge in [0.2, 0.25) is 0 Å². The minimum Gasteiger partial charge on any atom is -0.0928 e. The van der Waals surface area contributed by atoms with E-state index in [2.05, 4.69) is 35.9 Å². The van der Waals surface area contributed by atoms with Crippen LogP contribution in [0.5, 0.6) is 0 Å². The molecule has 58 valence electrons. The highest BCUT2D eigenvalue weighted by molar-refractivity contribution is 9.09. The fourth-order valence-electron chi connectivity index (χ4n) is 0.344. The zero-order chi connectivity index (χ0) is 7.54. The van der Waals surface area contributed by atoms with E-state index in [4.69, 9.17) is 0 Å². The Morgan fingerprint density at radius 1 is 1.22 bits per heavy atom. The van der Waals surface area contributed by atoms with Gasteiger partial charge in [0.05, 0.1) is 0 Å². The van der Waals surface area contributed by atoms with Crippen LogP contribution in [0.15, 0.2) is 0 Å². The first-order valence-corrected chi connectivity index (χ1v) is 7.84. The number of unbranched alkanes of at least 4 members (excludes halogenated alkanes) is 2. The van der Waals surface area contributed by atoms with Crippen LogP contribution in [-0.2, 0) is 0 Å². The molecule has 0 aliphatic carbocycles. The SMILES string of the molecule is CCCCCBr.C[SiH2]C. The van der Waals surface area contributed by atoms with Crippen LogP contribution in [0.1, 0.15) is 26.2 Å². The van der Waals surface area contributed by atoms with E-state index in [1.54, 1.807) is 0 Å². The zero-order valence-corrected chi connectivity index (χ0v) is 9.91. The molecule has 0 fully saturated rings. The third-order valence-corrected chi connectivity index (χ3v) is 1.30. The van der Waals surface area contributed by atoms with Gasteiger partial charge in [-0.3, -0.25) is 0 Å². The standard InChI is InChI=1S/C5H11Br.C2H8Si/c1-2-3-4-5-6;1-3-2/h2-5H2,1H3;3H2,1-2H3. The molecular weight excluding hydrogens is 192 g/mol. The highest BCUT2D eigenvalue weighted by Gasteiger charge is 1.76. The van der Waals surface area contributed by atoms with E-state index < -0.39 is 0 Å². The Morgan fingerprint density at radius 3 is 1.78 bits per heavy atom. The fraction of sp³-hybridized carbons (Fsp3) is 1.00. The Bertz CT molecular complexity index is 28.1. The molecular formula is C7H19BrSi. The van der Waals surface area contributed by atoms with Crippen molar-refractivity contribution in [2.24, 2.45) is 0 Å². The maximum absolute atomic E-state index is 3.35. The molecule has 0 saturated heterocycles. The molecule has 0 amide bonds. The van der Waals surface area contributed by atoms with Gasteiger partial charge in [0.15, 0.2) is 0 Å². The van der Waals surface area contributed by atoms with Crippen molar-refractivity contribution in [3.8, 4) is 0 Å². The second kappa shape index (κ2) is 15.9. The lowest BCUT2D eigenvalue weighted by Crippen LogP contribution is -1.70. The molecule has 0 saturated carbocycles. The molecule has 0 aromatic rings. The van der Waals surface area contributed by atoms with Crippen molar-refractivity contribution in [2.75, 3.05) is 5.33 Å². The van der Waals surface area contributed by atoms with Crippen molar-refractivity contribution in [1.82, 2.24) is 0 Å². The molecule has 0 aliphatic rings. The minimum atomic E-state index is 0.417. The predicted octanol–water partition coefficient (Wildman–Crippen LogP) is 2.82. The Balaban J connectivity index is 0. The number of hydrogen-bond acceptors (Lipinski definition) is 0. The fourth-order valence-corrected chi connectivity index (χ4v) is 0.741. The molecule has 0 atom stereocenters. The summed E-state index contributed by atoms with van der Waals surface area (Å²) in [6.07, 6.45) is 4.02. The van der Waals surface area contributed by atoms with E-state index in [1.165, 1.54) is 24.6 Å². The molecule has 0 radical (unpaired) electrons. The van der Waals surface area contributed by atoms with Crippen molar-refractivity contribution in [3.63, 3.8) is 0 Å². The van der Waals surface area contributed by atoms with Gasteiger partial charge in [0.25, 0.3) is 0 Å². The summed E-state index contributed by atoms with van der Waals surface area (Å²) in [5.41, 5.74) is 0. The Morgan fingerprint density at radius 2 is 1.67 bits per heavy atom. The Kier molecular flexibility index (Phi) is 21.8. The maximum atomic E-state index is 3.35. The number of alkyl halides is 1. The summed E-state index contributed by atoms with van der Waals surface area (Å²) in [5, 5.41) is 1.17. The average molecular weight is 211 g/mol. The summed E-state index contributed by atoms with van der Waals surface area (Å²) in [7, 11) is 0.417. The summed E-state index contributed by atoms with van der Waals surface area (Å²) in [5.74, 6) is 0. The van der Waals surface area contributed by atoms with Gasteiger partial charge in [-0.15, -0.1) is 0 Å². The van der Waals surface area contributed by atoms with Crippen LogP contribution < -0.4 is 0 Å². The average Bonchev–Trinajstić information content (AvgIpc) is 1.86. The van der Waals surface area contributed by atoms with Crippen molar-refractivity contribution >= 4 is 25.4 Å². The largest absolute Gasteiger partial charge is 0.0928 e. The second-order valence-corrected chi connectivity index (χ2v) is 4.31. The number of hydrogen-bond donors (Lipinski definition) is 0. The van der Waals surface area contributed by atoms with Crippen LogP contribution in [0.3, 0.4) is 0 Å². The molecule has 2 heteroatoms. The summed E-state index contributed by atoms with van der Waals surface area (Å²) in [4.78, 5) is 0. The van der Waals surface area contributed by atoms with Gasteiger partial charge in [-0.05, 0) is 6.42 Å². The molecule has 9 heavy (non-hydrogen) atoms. The third kappa shape index (κ3) is 28.5. The first kappa shape index (κ1) is 12.4. The highest BCUT2D eigenvalue weighted by Crippen LogP contribution is 1.95. The lowest BCUT2D eigenvalue weighted by Gasteiger charge is -1.85. The molecule has 0 spiro atoms. The summed E-state index contributed by atoms with van der Waals surface area (Å²) < 4.78 is 0. The first-order valence-electron chi connectivity index (χ1n) is 3.89. The van der Waals surface area contributed by atoms with E-state index in [-0.39, 0.29) is 0 Å². The molecule has 0 bridgehead atoms. The monoisotopic (exact) mass is 210 g/mol. The third-order valence-electron chi connectivity index (χ3n) is 0.737. The van der Waals surface area contributed by atoms with Crippen molar-refractivity contribution in [2.45, 2.75) is 39.3 Å². The highest BCUT2D eigenvalue weighted by atomic mass is 79.9. The van der Waals surface area contributed by atoms with Crippen molar-refractivity contribution < 1.29 is 0 Å². The van der Waals surface area contributed by atoms with E-state index in [0.717, 1.165) is 0 Å². The van der Waals surface area contributed by atoms with Gasteiger partial charge < -0.3 is 0 Å². The number of rotatable bonds is 3. The van der Waals surface area contributed by atoms with E-state index in [0.29, 0.717) is 9.52 Å². The Hall–Kier alpha value is 0.697. The summed E-state index contributed by atoms with van der Waals surface area (Å²) >= 11 is 3.35. The summed E-state index contributed by atoms with van der Waals surface area (Å²) in [6.45, 7) is 6.74. The number of halogens is 1. The molecule has 0 nitrogen and oxygen atoms in total. The van der Waals surface area contributed by atoms with Crippen LogP contribution in [0.2, 0.25) is 13.1 Å². The molecule has 0 aliphatic heterocycles. The van der Waals surface area contributed by atoms with E-state index in [9.17, 15) is 0 Å². The maximum Gasteiger partial charge on any atom is 0.0135 e. The van der Waals surface area contributed by atoms with Gasteiger partial charge in [0, 0.05) is 14.8 Å². The van der Waals surface area contributed by atoms with Crippen molar-refractivity contribution in [3.05, 3.63) is 0 Å². The van der Waals surface area contributed by atoms with Gasteiger partial charge in [-0.2, -0.15) is 0 Å². The van der Waals surface area contributed by atoms with Crippen LogP contribution in [0.25, 0.3) is 0 Å². The van der Waals surface area contributed by atoms with Gasteiger partial charge >= 0.3 is 0 Å². The van der Waals surface area contributed by atoms with Crippen LogP contribution in [-0.4, -0.2) is 14.8 Å². The van der Waals surface area contributed by atoms with Crippen LogP contribution in [0.4, 0.5) is 0 Å². The van der Waals surface area contributed by atoms with Gasteiger partial charge in [0.1, 0.15) is 0 Å². The van der Waals surface area contributed by atoms with E-state index >= 15 is 0 Å². The first-order chi connectivity index (χ1) is 4.33. The smallest absolute Gasteiger partial charge is 0.0135 e. The zero-order valence-electron chi connectivity index (χ0n) is 6.91.